The number of phosphoric acid groups is 2. The number of hydrogen-bond acceptors (Lipinski definition) is 14. The number of esters is 3. The van der Waals surface area contributed by atoms with Crippen molar-refractivity contribution in [1.29, 1.82) is 0 Å². The zero-order chi connectivity index (χ0) is 65.3. The molecule has 0 fully saturated rings. The van der Waals surface area contributed by atoms with Crippen LogP contribution in [0.1, 0.15) is 213 Å². The Morgan fingerprint density at radius 2 is 0.562 bits per heavy atom. The third-order valence-electron chi connectivity index (χ3n) is 12.7. The van der Waals surface area contributed by atoms with Crippen LogP contribution in [0.2, 0.25) is 0 Å². The molecule has 0 aromatic heterocycles. The minimum absolute atomic E-state index is 0.0635. The Labute approximate surface area is 536 Å². The molecule has 0 saturated carbocycles. The Morgan fingerprint density at radius 3 is 0.888 bits per heavy atom. The average molecular weight is 1290 g/mol. The first kappa shape index (κ1) is 84.2. The largest absolute Gasteiger partial charge is 0.472 e. The molecular formula is C71H114O16P2. The summed E-state index contributed by atoms with van der Waals surface area (Å²) in [6, 6.07) is 0. The van der Waals surface area contributed by atoms with Crippen molar-refractivity contribution >= 4 is 33.6 Å². The summed E-state index contributed by atoms with van der Waals surface area (Å²) in [7, 11) is -9.81. The van der Waals surface area contributed by atoms with Gasteiger partial charge in [-0.05, 0) is 141 Å². The van der Waals surface area contributed by atoms with E-state index < -0.39 is 91.5 Å². The number of carbonyl (C=O) groups excluding carboxylic acids is 3. The van der Waals surface area contributed by atoms with E-state index in [1.807, 2.05) is 0 Å². The number of allylic oxidation sites excluding steroid dienone is 26. The fraction of sp³-hybridized carbons (Fsp3) is 0.592. The smallest absolute Gasteiger partial charge is 0.463 e. The van der Waals surface area contributed by atoms with Gasteiger partial charge in [-0.15, -0.1) is 0 Å². The van der Waals surface area contributed by atoms with E-state index in [2.05, 4.69) is 179 Å². The molecular weight excluding hydrogens is 1170 g/mol. The molecule has 0 aromatic carbocycles. The van der Waals surface area contributed by atoms with Crippen molar-refractivity contribution in [2.45, 2.75) is 232 Å². The summed E-state index contributed by atoms with van der Waals surface area (Å²) in [5.74, 6) is -1.68. The number of aliphatic hydroxyl groups is 2. The van der Waals surface area contributed by atoms with Crippen molar-refractivity contribution in [2.75, 3.05) is 39.6 Å². The van der Waals surface area contributed by atoms with Gasteiger partial charge in [0, 0.05) is 19.3 Å². The van der Waals surface area contributed by atoms with E-state index in [1.165, 1.54) is 0 Å². The van der Waals surface area contributed by atoms with Crippen LogP contribution in [0.5, 0.6) is 0 Å². The Bertz CT molecular complexity index is 2250. The van der Waals surface area contributed by atoms with Crippen LogP contribution in [-0.2, 0) is 55.8 Å². The van der Waals surface area contributed by atoms with Crippen molar-refractivity contribution in [3.8, 4) is 0 Å². The third-order valence-corrected chi connectivity index (χ3v) is 14.6. The molecule has 0 saturated heterocycles. The highest BCUT2D eigenvalue weighted by Crippen LogP contribution is 2.45. The van der Waals surface area contributed by atoms with Gasteiger partial charge < -0.3 is 34.2 Å². The van der Waals surface area contributed by atoms with Crippen molar-refractivity contribution in [2.24, 2.45) is 0 Å². The van der Waals surface area contributed by atoms with E-state index in [4.69, 9.17) is 32.3 Å². The van der Waals surface area contributed by atoms with Crippen molar-refractivity contribution in [3.63, 3.8) is 0 Å². The lowest BCUT2D eigenvalue weighted by atomic mass is 10.1. The number of hydrogen-bond donors (Lipinski definition) is 4. The topological polar surface area (TPSA) is 231 Å². The van der Waals surface area contributed by atoms with Crippen LogP contribution < -0.4 is 0 Å². The van der Waals surface area contributed by atoms with Gasteiger partial charge in [-0.2, -0.15) is 0 Å². The molecule has 0 rings (SSSR count). The van der Waals surface area contributed by atoms with Gasteiger partial charge in [0.1, 0.15) is 25.4 Å². The van der Waals surface area contributed by atoms with Crippen molar-refractivity contribution in [3.05, 3.63) is 158 Å². The quantitative estimate of drug-likeness (QED) is 0.0146. The first-order chi connectivity index (χ1) is 43.2. The second-order valence-electron chi connectivity index (χ2n) is 21.1. The average Bonchev–Trinajstić information content (AvgIpc) is 3.54. The first-order valence-electron chi connectivity index (χ1n) is 32.8. The maximum atomic E-state index is 12.9. The van der Waals surface area contributed by atoms with Gasteiger partial charge in [-0.25, -0.2) is 9.13 Å². The molecule has 0 aliphatic carbocycles. The Hall–Kier alpha value is -4.83. The summed E-state index contributed by atoms with van der Waals surface area (Å²) >= 11 is 0. The molecule has 5 atom stereocenters. The fourth-order valence-corrected chi connectivity index (χ4v) is 9.40. The van der Waals surface area contributed by atoms with Crippen LogP contribution in [0.3, 0.4) is 0 Å². The number of aliphatic hydroxyl groups excluding tert-OH is 2. The highest BCUT2D eigenvalue weighted by molar-refractivity contribution is 7.47. The predicted octanol–water partition coefficient (Wildman–Crippen LogP) is 18.0. The summed E-state index contributed by atoms with van der Waals surface area (Å²) < 4.78 is 60.8. The summed E-state index contributed by atoms with van der Waals surface area (Å²) in [5, 5.41) is 20.5. The summed E-state index contributed by atoms with van der Waals surface area (Å²) in [5.41, 5.74) is 0. The van der Waals surface area contributed by atoms with Crippen LogP contribution in [0.15, 0.2) is 158 Å². The lowest BCUT2D eigenvalue weighted by molar-refractivity contribution is -0.161. The van der Waals surface area contributed by atoms with Crippen molar-refractivity contribution in [1.82, 2.24) is 0 Å². The maximum Gasteiger partial charge on any atom is 0.472 e. The van der Waals surface area contributed by atoms with Gasteiger partial charge in [0.25, 0.3) is 0 Å². The van der Waals surface area contributed by atoms with Crippen molar-refractivity contribution < 1.29 is 75.8 Å². The van der Waals surface area contributed by atoms with Crippen LogP contribution in [0.4, 0.5) is 0 Å². The second kappa shape index (κ2) is 63.3. The van der Waals surface area contributed by atoms with Gasteiger partial charge in [0.15, 0.2) is 6.10 Å². The lowest BCUT2D eigenvalue weighted by Gasteiger charge is -2.21. The minimum Gasteiger partial charge on any atom is -0.463 e. The van der Waals surface area contributed by atoms with E-state index in [-0.39, 0.29) is 19.3 Å². The van der Waals surface area contributed by atoms with Gasteiger partial charge in [0.05, 0.1) is 26.4 Å². The molecule has 0 bridgehead atoms. The van der Waals surface area contributed by atoms with E-state index in [0.717, 1.165) is 154 Å². The van der Waals surface area contributed by atoms with E-state index in [0.29, 0.717) is 19.3 Å². The van der Waals surface area contributed by atoms with E-state index in [9.17, 15) is 43.5 Å². The number of carbonyl (C=O) groups is 3. The Kier molecular flexibility index (Phi) is 59.9. The normalized spacial score (nSPS) is 15.3. The number of rotatable bonds is 60. The number of ether oxygens (including phenoxy) is 3. The van der Waals surface area contributed by atoms with Crippen LogP contribution in [-0.4, -0.2) is 95.9 Å². The van der Waals surface area contributed by atoms with E-state index >= 15 is 0 Å². The number of unbranched alkanes of at least 4 members (excludes halogenated alkanes) is 11. The molecule has 16 nitrogen and oxygen atoms in total. The highest BCUT2D eigenvalue weighted by atomic mass is 31.2. The molecule has 0 aromatic rings. The molecule has 89 heavy (non-hydrogen) atoms. The molecule has 0 aliphatic rings. The number of phosphoric ester groups is 2. The molecule has 504 valence electrons. The summed E-state index contributed by atoms with van der Waals surface area (Å²) in [6.45, 7) is 2.18. The molecule has 0 radical (unpaired) electrons. The highest BCUT2D eigenvalue weighted by Gasteiger charge is 2.29. The van der Waals surface area contributed by atoms with Crippen LogP contribution in [0.25, 0.3) is 0 Å². The summed E-state index contributed by atoms with van der Waals surface area (Å²) in [4.78, 5) is 58.3. The molecule has 0 heterocycles. The second-order valence-corrected chi connectivity index (χ2v) is 24.0. The first-order valence-corrected chi connectivity index (χ1v) is 35.8. The Balaban J connectivity index is 4.80. The fourth-order valence-electron chi connectivity index (χ4n) is 7.81. The standard InChI is InChI=1S/C71H114O16P2/c1-4-7-10-13-16-19-22-25-28-31-32-35-37-39-42-45-48-51-54-57-69(74)81-60-66(72)61-83-88(77,78)84-62-67(73)63-85-89(79,80)86-65-68(87-71(76)59-56-53-50-47-44-41-38-34-30-27-24-21-18-15-12-9-6-3)64-82-70(75)58-55-52-49-46-43-40-36-33-29-26-23-20-17-14-11-8-5-2/h7-12,16-21,25-30,32,35-36,38-42,66-68,72-73H,4-6,13-15,22-24,31,33-34,37,43-65H2,1-3H3,(H,77,78)(H,79,80)/b10-7-,11-8-,12-9-,19-16-,20-17-,21-18-,28-25-,29-26-,30-27-,35-32-,40-36-,41-38-,42-39-. The third kappa shape index (κ3) is 64.5. The zero-order valence-corrected chi connectivity index (χ0v) is 56.1. The van der Waals surface area contributed by atoms with Gasteiger partial charge >= 0.3 is 33.6 Å². The molecule has 0 aliphatic heterocycles. The Morgan fingerprint density at radius 1 is 0.315 bits per heavy atom. The molecule has 5 unspecified atom stereocenters. The molecule has 4 N–H and O–H groups in total. The molecule has 0 spiro atoms. The molecule has 18 heteroatoms. The maximum absolute atomic E-state index is 12.9. The predicted molar refractivity (Wildman–Crippen MR) is 362 cm³/mol. The summed E-state index contributed by atoms with van der Waals surface area (Å²) in [6.07, 6.45) is 75.8. The lowest BCUT2D eigenvalue weighted by Crippen LogP contribution is -2.30. The van der Waals surface area contributed by atoms with E-state index in [1.54, 1.807) is 0 Å². The van der Waals surface area contributed by atoms with Gasteiger partial charge in [0.2, 0.25) is 0 Å². The zero-order valence-electron chi connectivity index (χ0n) is 54.3. The minimum atomic E-state index is -4.95. The monoisotopic (exact) mass is 1280 g/mol. The van der Waals surface area contributed by atoms with Gasteiger partial charge in [-0.1, -0.05) is 211 Å². The van der Waals surface area contributed by atoms with Crippen LogP contribution >= 0.6 is 15.6 Å². The van der Waals surface area contributed by atoms with Gasteiger partial charge in [-0.3, -0.25) is 32.5 Å². The van der Waals surface area contributed by atoms with Crippen LogP contribution in [0, 0.1) is 0 Å². The SMILES string of the molecule is CC/C=C\C/C=C\C/C=C\C/C=C\C/C=C\CCCCCC(=O)OCC(O)COP(=O)(O)OCC(O)COP(=O)(O)OCC(COC(=O)CCCCCC/C=C\C/C=C\C/C=C\C/C=C\CC)OC(=O)CCCCCC/C=C\C/C=C\C/C=C\C/C=C\CC. The molecule has 0 amide bonds.